The average molecular weight is 494 g/mol. The zero-order valence-corrected chi connectivity index (χ0v) is 21.6. The number of carbonyl (C=O) groups excluding carboxylic acids is 1. The van der Waals surface area contributed by atoms with Crippen LogP contribution >= 0.6 is 0 Å². The zero-order valence-electron chi connectivity index (χ0n) is 21.6. The minimum Gasteiger partial charge on any atom is -0.478 e. The molecule has 0 unspecified atom stereocenters. The predicted molar refractivity (Wildman–Crippen MR) is 145 cm³/mol. The number of carboxylic acid groups (broad SMARTS) is 1. The van der Waals surface area contributed by atoms with E-state index in [1.165, 1.54) is 12.8 Å². The summed E-state index contributed by atoms with van der Waals surface area (Å²) in [6.45, 7) is 8.88. The Bertz CT molecular complexity index is 1580. The first-order chi connectivity index (χ1) is 17.7. The van der Waals surface area contributed by atoms with Gasteiger partial charge in [-0.2, -0.15) is 0 Å². The van der Waals surface area contributed by atoms with Crippen LogP contribution in [0.4, 0.5) is 0 Å². The number of aromatic carboxylic acids is 1. The van der Waals surface area contributed by atoms with E-state index in [-0.39, 0.29) is 17.9 Å². The molecule has 1 aliphatic carbocycles. The normalized spacial score (nSPS) is 16.0. The summed E-state index contributed by atoms with van der Waals surface area (Å²) in [5.74, 6) is -0.0268. The number of carboxylic acids is 1. The number of fused-ring (bicyclic) bond motifs is 2. The van der Waals surface area contributed by atoms with Gasteiger partial charge in [0.15, 0.2) is 0 Å². The molecule has 0 saturated heterocycles. The number of amides is 1. The van der Waals surface area contributed by atoms with Gasteiger partial charge < -0.3 is 15.0 Å². The van der Waals surface area contributed by atoms with E-state index in [9.17, 15) is 14.7 Å². The van der Waals surface area contributed by atoms with Gasteiger partial charge in [-0.3, -0.25) is 4.79 Å². The minimum atomic E-state index is -0.909. The molecule has 2 aromatic carbocycles. The first-order valence-electron chi connectivity index (χ1n) is 13.0. The fraction of sp³-hybridized carbons (Fsp3) is 0.323. The first kappa shape index (κ1) is 23.5. The molecule has 1 amide bonds. The van der Waals surface area contributed by atoms with Crippen LogP contribution < -0.4 is 0 Å². The van der Waals surface area contributed by atoms with Crippen molar-refractivity contribution in [3.63, 3.8) is 0 Å². The molecular weight excluding hydrogens is 462 g/mol. The van der Waals surface area contributed by atoms with Gasteiger partial charge in [0, 0.05) is 47.1 Å². The lowest BCUT2D eigenvalue weighted by atomic mass is 9.92. The number of aromatic nitrogens is 2. The molecule has 1 aliphatic heterocycles. The van der Waals surface area contributed by atoms with Crippen LogP contribution in [0.1, 0.15) is 76.9 Å². The third-order valence-electron chi connectivity index (χ3n) is 8.11. The highest BCUT2D eigenvalue weighted by molar-refractivity contribution is 6.01. The fourth-order valence-electron chi connectivity index (χ4n) is 5.82. The maximum atomic E-state index is 13.2. The smallest absolute Gasteiger partial charge is 0.335 e. The van der Waals surface area contributed by atoms with Crippen LogP contribution in [0.15, 0.2) is 48.8 Å². The molecule has 188 valence electrons. The van der Waals surface area contributed by atoms with Crippen molar-refractivity contribution >= 4 is 22.9 Å². The summed E-state index contributed by atoms with van der Waals surface area (Å²) >= 11 is 0. The Balaban J connectivity index is 1.40. The molecule has 6 rings (SSSR count). The molecule has 6 nitrogen and oxygen atoms in total. The van der Waals surface area contributed by atoms with Crippen LogP contribution in [0.2, 0.25) is 0 Å². The number of nitrogens with zero attached hydrogens (tertiary/aromatic N) is 2. The molecule has 0 spiro atoms. The lowest BCUT2D eigenvalue weighted by Crippen LogP contribution is -2.34. The largest absolute Gasteiger partial charge is 0.478 e. The second kappa shape index (κ2) is 8.58. The highest BCUT2D eigenvalue weighted by atomic mass is 16.4. The summed E-state index contributed by atoms with van der Waals surface area (Å²) in [6.07, 6.45) is 6.24. The number of H-pyrrole nitrogens is 1. The molecule has 1 atom stereocenters. The number of aromatic amines is 1. The highest BCUT2D eigenvalue weighted by Gasteiger charge is 2.39. The quantitative estimate of drug-likeness (QED) is 0.310. The molecule has 2 aromatic heterocycles. The summed E-state index contributed by atoms with van der Waals surface area (Å²) in [5.41, 5.74) is 8.87. The van der Waals surface area contributed by atoms with E-state index in [0.29, 0.717) is 18.0 Å². The van der Waals surface area contributed by atoms with Crippen molar-refractivity contribution in [2.75, 3.05) is 0 Å². The van der Waals surface area contributed by atoms with Crippen LogP contribution in [0.3, 0.4) is 0 Å². The van der Waals surface area contributed by atoms with Gasteiger partial charge in [-0.25, -0.2) is 9.78 Å². The van der Waals surface area contributed by atoms with Crippen molar-refractivity contribution in [3.8, 4) is 22.3 Å². The number of pyridine rings is 1. The average Bonchev–Trinajstić information content (AvgIpc) is 3.55. The van der Waals surface area contributed by atoms with Gasteiger partial charge in [0.1, 0.15) is 5.65 Å². The van der Waals surface area contributed by atoms with Gasteiger partial charge in [0.05, 0.1) is 5.56 Å². The number of carbonyl (C=O) groups is 2. The van der Waals surface area contributed by atoms with E-state index in [2.05, 4.69) is 30.1 Å². The summed E-state index contributed by atoms with van der Waals surface area (Å²) in [5, 5.41) is 10.6. The topological polar surface area (TPSA) is 86.3 Å². The molecule has 1 fully saturated rings. The van der Waals surface area contributed by atoms with Crippen LogP contribution in [-0.4, -0.2) is 37.9 Å². The summed E-state index contributed by atoms with van der Waals surface area (Å²) < 4.78 is 0. The van der Waals surface area contributed by atoms with E-state index < -0.39 is 5.97 Å². The highest BCUT2D eigenvalue weighted by Crippen LogP contribution is 2.40. The maximum absolute atomic E-state index is 13.2. The standard InChI is InChI=1S/C31H31N3O3/c1-16(2)25-11-20(7-8-24(25)31(36)37)27-14-33-29-26(27)12-22(13-32-29)21-9-17(3)28-23(10-21)15-34(30(28)35)18(4)19-5-6-19/h7-14,16,18-19H,5-6,15H2,1-4H3,(H,32,33)(H,36,37)/t18-/m0/s1. The first-order valence-corrected chi connectivity index (χ1v) is 13.0. The van der Waals surface area contributed by atoms with Crippen LogP contribution in [0.5, 0.6) is 0 Å². The van der Waals surface area contributed by atoms with Crippen molar-refractivity contribution in [1.82, 2.24) is 14.9 Å². The molecule has 6 heteroatoms. The molecule has 2 N–H and O–H groups in total. The summed E-state index contributed by atoms with van der Waals surface area (Å²) in [7, 11) is 0. The minimum absolute atomic E-state index is 0.0873. The third kappa shape index (κ3) is 3.91. The lowest BCUT2D eigenvalue weighted by molar-refractivity contribution is 0.0687. The monoisotopic (exact) mass is 493 g/mol. The number of rotatable bonds is 6. The molecular formula is C31H31N3O3. The van der Waals surface area contributed by atoms with E-state index in [0.717, 1.165) is 55.5 Å². The molecule has 1 saturated carbocycles. The second-order valence-electron chi connectivity index (χ2n) is 10.9. The van der Waals surface area contributed by atoms with E-state index in [4.69, 9.17) is 4.98 Å². The zero-order chi connectivity index (χ0) is 26.0. The van der Waals surface area contributed by atoms with Gasteiger partial charge in [-0.05, 0) is 90.6 Å². The molecule has 2 aliphatic rings. The number of nitrogens with one attached hydrogen (secondary N) is 1. The summed E-state index contributed by atoms with van der Waals surface area (Å²) in [6, 6.07) is 12.2. The van der Waals surface area contributed by atoms with Gasteiger partial charge in [0.25, 0.3) is 5.91 Å². The van der Waals surface area contributed by atoms with Crippen molar-refractivity contribution in [3.05, 3.63) is 76.6 Å². The van der Waals surface area contributed by atoms with Gasteiger partial charge in [-0.1, -0.05) is 26.0 Å². The maximum Gasteiger partial charge on any atom is 0.335 e. The van der Waals surface area contributed by atoms with E-state index in [1.54, 1.807) is 6.07 Å². The SMILES string of the molecule is Cc1cc(-c2cnc3[nH]cc(-c4ccc(C(=O)O)c(C(C)C)c4)c3c2)cc2c1C(=O)N([C@@H](C)C1CC1)C2. The van der Waals surface area contributed by atoms with Crippen LogP contribution in [0, 0.1) is 12.8 Å². The van der Waals surface area contributed by atoms with Crippen molar-refractivity contribution in [2.24, 2.45) is 5.92 Å². The second-order valence-corrected chi connectivity index (χ2v) is 10.9. The fourth-order valence-corrected chi connectivity index (χ4v) is 5.82. The Hall–Kier alpha value is -3.93. The van der Waals surface area contributed by atoms with Gasteiger partial charge >= 0.3 is 5.97 Å². The molecule has 4 aromatic rings. The van der Waals surface area contributed by atoms with Crippen LogP contribution in [0.25, 0.3) is 33.3 Å². The number of benzene rings is 2. The van der Waals surface area contributed by atoms with Crippen molar-refractivity contribution < 1.29 is 14.7 Å². The Labute approximate surface area is 216 Å². The Morgan fingerprint density at radius 3 is 2.57 bits per heavy atom. The Morgan fingerprint density at radius 2 is 1.86 bits per heavy atom. The third-order valence-corrected chi connectivity index (χ3v) is 8.11. The lowest BCUT2D eigenvalue weighted by Gasteiger charge is -2.24. The van der Waals surface area contributed by atoms with E-state index in [1.807, 2.05) is 50.2 Å². The van der Waals surface area contributed by atoms with Crippen molar-refractivity contribution in [2.45, 2.75) is 59.0 Å². The predicted octanol–water partition coefficient (Wildman–Crippen LogP) is 6.78. The van der Waals surface area contributed by atoms with E-state index >= 15 is 0 Å². The molecule has 3 heterocycles. The van der Waals surface area contributed by atoms with Gasteiger partial charge in [0.2, 0.25) is 0 Å². The number of aryl methyl sites for hydroxylation is 1. The molecule has 37 heavy (non-hydrogen) atoms. The van der Waals surface area contributed by atoms with Crippen molar-refractivity contribution in [1.29, 1.82) is 0 Å². The Morgan fingerprint density at radius 1 is 1.08 bits per heavy atom. The number of hydrogen-bond acceptors (Lipinski definition) is 3. The van der Waals surface area contributed by atoms with Gasteiger partial charge in [-0.15, -0.1) is 0 Å². The molecule has 0 bridgehead atoms. The number of hydrogen-bond donors (Lipinski definition) is 2. The molecule has 0 radical (unpaired) electrons. The summed E-state index contributed by atoms with van der Waals surface area (Å²) in [4.78, 5) is 34.9. The Kier molecular flexibility index (Phi) is 5.44. The van der Waals surface area contributed by atoms with Crippen LogP contribution in [-0.2, 0) is 6.54 Å².